The molecule has 31 heavy (non-hydrogen) atoms. The quantitative estimate of drug-likeness (QED) is 0.575. The average molecular weight is 492 g/mol. The van der Waals surface area contributed by atoms with Gasteiger partial charge in [0.1, 0.15) is 0 Å². The van der Waals surface area contributed by atoms with Crippen LogP contribution in [0.2, 0.25) is 5.02 Å². The molecule has 0 atom stereocenters. The Morgan fingerprint density at radius 1 is 0.935 bits per heavy atom. The molecule has 174 valence electrons. The number of aryl methyl sites for hydroxylation is 1. The molecule has 0 aromatic heterocycles. The molecule has 0 aliphatic carbocycles. The van der Waals surface area contributed by atoms with Gasteiger partial charge in [0.25, 0.3) is 0 Å². The van der Waals surface area contributed by atoms with Gasteiger partial charge >= 0.3 is 6.03 Å². The fourth-order valence-corrected chi connectivity index (χ4v) is 3.46. The minimum absolute atomic E-state index is 0. The molecule has 0 spiro atoms. The SMILES string of the molecule is Cc1ccc(NC(=O)NCCCN2CCN(Cc3ccc(Cl)cc3)CC2)cc1.Cl.Cl.O. The lowest BCUT2D eigenvalue weighted by Crippen LogP contribution is -2.46. The van der Waals surface area contributed by atoms with E-state index in [1.807, 2.05) is 43.3 Å². The van der Waals surface area contributed by atoms with Crippen molar-refractivity contribution < 1.29 is 10.3 Å². The Hall–Kier alpha value is -1.54. The molecule has 1 aliphatic heterocycles. The smallest absolute Gasteiger partial charge is 0.319 e. The van der Waals surface area contributed by atoms with E-state index < -0.39 is 0 Å². The standard InChI is InChI=1S/C22H29ClN4O.2ClH.H2O/c1-18-3-9-21(10-4-18)25-22(28)24-11-2-12-26-13-15-27(16-14-26)17-19-5-7-20(23)8-6-19;;;/h3-10H,2,11-17H2,1H3,(H2,24,25,28);2*1H;1H2. The van der Waals surface area contributed by atoms with E-state index in [1.54, 1.807) is 0 Å². The Balaban J connectivity index is 0.00000300. The molecule has 9 heteroatoms. The summed E-state index contributed by atoms with van der Waals surface area (Å²) in [6.45, 7) is 9.00. The van der Waals surface area contributed by atoms with Crippen LogP contribution in [-0.4, -0.2) is 60.6 Å². The number of urea groups is 1. The zero-order valence-corrected chi connectivity index (χ0v) is 20.2. The van der Waals surface area contributed by atoms with Gasteiger partial charge in [-0.25, -0.2) is 4.79 Å². The first-order chi connectivity index (χ1) is 13.6. The van der Waals surface area contributed by atoms with Crippen LogP contribution in [-0.2, 0) is 6.54 Å². The summed E-state index contributed by atoms with van der Waals surface area (Å²) in [4.78, 5) is 16.9. The van der Waals surface area contributed by atoms with Gasteiger partial charge in [0, 0.05) is 50.0 Å². The van der Waals surface area contributed by atoms with Crippen LogP contribution in [0.25, 0.3) is 0 Å². The minimum Gasteiger partial charge on any atom is -0.412 e. The first kappa shape index (κ1) is 29.5. The number of rotatable bonds is 7. The van der Waals surface area contributed by atoms with E-state index in [0.29, 0.717) is 6.54 Å². The van der Waals surface area contributed by atoms with Gasteiger partial charge in [0.2, 0.25) is 0 Å². The molecular formula is C22H33Cl3N4O2. The number of anilines is 1. The van der Waals surface area contributed by atoms with E-state index in [4.69, 9.17) is 11.6 Å². The number of carbonyl (C=O) groups excluding carboxylic acids is 1. The van der Waals surface area contributed by atoms with Crippen LogP contribution >= 0.6 is 36.4 Å². The van der Waals surface area contributed by atoms with E-state index in [2.05, 4.69) is 32.6 Å². The molecule has 1 saturated heterocycles. The van der Waals surface area contributed by atoms with E-state index in [-0.39, 0.29) is 36.3 Å². The molecular weight excluding hydrogens is 459 g/mol. The van der Waals surface area contributed by atoms with Gasteiger partial charge in [-0.1, -0.05) is 41.4 Å². The second-order valence-corrected chi connectivity index (χ2v) is 7.78. The molecule has 2 amide bonds. The number of hydrogen-bond donors (Lipinski definition) is 2. The monoisotopic (exact) mass is 490 g/mol. The minimum atomic E-state index is -0.142. The lowest BCUT2D eigenvalue weighted by atomic mass is 10.2. The van der Waals surface area contributed by atoms with E-state index >= 15 is 0 Å². The van der Waals surface area contributed by atoms with Gasteiger partial charge in [-0.05, 0) is 49.7 Å². The molecule has 6 nitrogen and oxygen atoms in total. The van der Waals surface area contributed by atoms with Crippen molar-refractivity contribution in [3.63, 3.8) is 0 Å². The highest BCUT2D eigenvalue weighted by molar-refractivity contribution is 6.30. The van der Waals surface area contributed by atoms with Gasteiger partial charge < -0.3 is 21.0 Å². The maximum absolute atomic E-state index is 11.9. The molecule has 1 fully saturated rings. The topological polar surface area (TPSA) is 79.1 Å². The molecule has 0 bridgehead atoms. The van der Waals surface area contributed by atoms with Crippen molar-refractivity contribution in [2.75, 3.05) is 44.6 Å². The summed E-state index contributed by atoms with van der Waals surface area (Å²) in [6.07, 6.45) is 0.957. The normalized spacial score (nSPS) is 13.9. The summed E-state index contributed by atoms with van der Waals surface area (Å²) in [5.74, 6) is 0. The van der Waals surface area contributed by atoms with Crippen molar-refractivity contribution in [1.29, 1.82) is 0 Å². The Morgan fingerprint density at radius 2 is 1.52 bits per heavy atom. The molecule has 0 unspecified atom stereocenters. The number of hydrogen-bond acceptors (Lipinski definition) is 3. The van der Waals surface area contributed by atoms with Gasteiger partial charge in [-0.15, -0.1) is 24.8 Å². The number of nitrogens with zero attached hydrogens (tertiary/aromatic N) is 2. The van der Waals surface area contributed by atoms with Crippen LogP contribution in [0.1, 0.15) is 17.5 Å². The van der Waals surface area contributed by atoms with Crippen molar-refractivity contribution in [2.24, 2.45) is 0 Å². The van der Waals surface area contributed by atoms with E-state index in [9.17, 15) is 4.79 Å². The van der Waals surface area contributed by atoms with Gasteiger partial charge in [-0.3, -0.25) is 4.90 Å². The number of halogens is 3. The fraction of sp³-hybridized carbons (Fsp3) is 0.409. The van der Waals surface area contributed by atoms with Crippen LogP contribution in [0.15, 0.2) is 48.5 Å². The van der Waals surface area contributed by atoms with Crippen molar-refractivity contribution in [2.45, 2.75) is 19.9 Å². The summed E-state index contributed by atoms with van der Waals surface area (Å²) >= 11 is 5.95. The number of piperazine rings is 1. The third-order valence-corrected chi connectivity index (χ3v) is 5.28. The van der Waals surface area contributed by atoms with Crippen LogP contribution in [0, 0.1) is 6.92 Å². The highest BCUT2D eigenvalue weighted by Gasteiger charge is 2.16. The molecule has 1 heterocycles. The van der Waals surface area contributed by atoms with Crippen LogP contribution in [0.5, 0.6) is 0 Å². The summed E-state index contributed by atoms with van der Waals surface area (Å²) in [6, 6.07) is 15.8. The fourth-order valence-electron chi connectivity index (χ4n) is 3.34. The predicted octanol–water partition coefficient (Wildman–Crippen LogP) is 4.00. The third-order valence-electron chi connectivity index (χ3n) is 5.03. The van der Waals surface area contributed by atoms with Crippen LogP contribution in [0.3, 0.4) is 0 Å². The third kappa shape index (κ3) is 10.5. The van der Waals surface area contributed by atoms with Gasteiger partial charge in [0.05, 0.1) is 0 Å². The predicted molar refractivity (Wildman–Crippen MR) is 134 cm³/mol. The van der Waals surface area contributed by atoms with E-state index in [1.165, 1.54) is 11.1 Å². The Morgan fingerprint density at radius 3 is 2.13 bits per heavy atom. The van der Waals surface area contributed by atoms with Crippen molar-refractivity contribution in [3.05, 3.63) is 64.7 Å². The Labute approximate surface area is 202 Å². The zero-order chi connectivity index (χ0) is 19.8. The summed E-state index contributed by atoms with van der Waals surface area (Å²) in [7, 11) is 0. The molecule has 2 aromatic carbocycles. The van der Waals surface area contributed by atoms with Gasteiger partial charge in [0.15, 0.2) is 0 Å². The first-order valence-electron chi connectivity index (χ1n) is 9.89. The van der Waals surface area contributed by atoms with Gasteiger partial charge in [-0.2, -0.15) is 0 Å². The highest BCUT2D eigenvalue weighted by Crippen LogP contribution is 2.13. The zero-order valence-electron chi connectivity index (χ0n) is 17.8. The number of amides is 2. The maximum atomic E-state index is 11.9. The number of carbonyl (C=O) groups is 1. The molecule has 0 radical (unpaired) electrons. The molecule has 1 aliphatic rings. The average Bonchev–Trinajstić information content (AvgIpc) is 2.70. The summed E-state index contributed by atoms with van der Waals surface area (Å²) in [5, 5.41) is 6.58. The second-order valence-electron chi connectivity index (χ2n) is 7.34. The summed E-state index contributed by atoms with van der Waals surface area (Å²) in [5.41, 5.74) is 3.31. The lowest BCUT2D eigenvalue weighted by Gasteiger charge is -2.34. The molecule has 3 rings (SSSR count). The molecule has 4 N–H and O–H groups in total. The van der Waals surface area contributed by atoms with Crippen molar-refractivity contribution in [3.8, 4) is 0 Å². The Bertz CT molecular complexity index is 752. The molecule has 0 saturated carbocycles. The van der Waals surface area contributed by atoms with Crippen molar-refractivity contribution >= 4 is 48.1 Å². The second kappa shape index (κ2) is 15.3. The maximum Gasteiger partial charge on any atom is 0.319 e. The Kier molecular flexibility index (Phi) is 14.5. The van der Waals surface area contributed by atoms with E-state index in [0.717, 1.165) is 56.4 Å². The van der Waals surface area contributed by atoms with Crippen LogP contribution < -0.4 is 10.6 Å². The van der Waals surface area contributed by atoms with Crippen LogP contribution in [0.4, 0.5) is 10.5 Å². The lowest BCUT2D eigenvalue weighted by molar-refractivity contribution is 0.126. The number of nitrogens with one attached hydrogen (secondary N) is 2. The highest BCUT2D eigenvalue weighted by atomic mass is 35.5. The first-order valence-corrected chi connectivity index (χ1v) is 10.3. The largest absolute Gasteiger partial charge is 0.412 e. The summed E-state index contributed by atoms with van der Waals surface area (Å²) < 4.78 is 0. The van der Waals surface area contributed by atoms with Crippen molar-refractivity contribution in [1.82, 2.24) is 15.1 Å². The number of benzene rings is 2. The molecule has 2 aromatic rings.